The van der Waals surface area contributed by atoms with E-state index in [1.165, 1.54) is 12.1 Å². The van der Waals surface area contributed by atoms with Gasteiger partial charge in [-0.15, -0.1) is 0 Å². The third-order valence-electron chi connectivity index (χ3n) is 1.99. The SMILES string of the molecule is Cc1ccc(F)cc1C(=O)C(C)C. The van der Waals surface area contributed by atoms with Crippen LogP contribution in [0.3, 0.4) is 0 Å². The van der Waals surface area contributed by atoms with Crippen molar-refractivity contribution in [2.45, 2.75) is 20.8 Å². The monoisotopic (exact) mass is 180 g/mol. The molecule has 0 aliphatic rings. The van der Waals surface area contributed by atoms with E-state index in [1.54, 1.807) is 6.07 Å². The van der Waals surface area contributed by atoms with E-state index in [4.69, 9.17) is 0 Å². The third-order valence-corrected chi connectivity index (χ3v) is 1.99. The maximum atomic E-state index is 12.8. The standard InChI is InChI=1S/C11H13FO/c1-7(2)11(13)10-6-9(12)5-4-8(10)3/h4-7H,1-3H3. The molecule has 0 fully saturated rings. The minimum absolute atomic E-state index is 0.00278. The Bertz CT molecular complexity index is 329. The second-order valence-corrected chi connectivity index (χ2v) is 3.48. The Kier molecular flexibility index (Phi) is 2.81. The van der Waals surface area contributed by atoms with Crippen molar-refractivity contribution in [1.82, 2.24) is 0 Å². The summed E-state index contributed by atoms with van der Waals surface area (Å²) in [5, 5.41) is 0. The number of aryl methyl sites for hydroxylation is 1. The lowest BCUT2D eigenvalue weighted by atomic mass is 9.97. The van der Waals surface area contributed by atoms with Gasteiger partial charge in [-0.1, -0.05) is 19.9 Å². The van der Waals surface area contributed by atoms with Gasteiger partial charge >= 0.3 is 0 Å². The molecular weight excluding hydrogens is 167 g/mol. The number of carbonyl (C=O) groups is 1. The Balaban J connectivity index is 3.13. The fraction of sp³-hybridized carbons (Fsp3) is 0.364. The van der Waals surface area contributed by atoms with Gasteiger partial charge in [-0.25, -0.2) is 4.39 Å². The van der Waals surface area contributed by atoms with Crippen LogP contribution >= 0.6 is 0 Å². The van der Waals surface area contributed by atoms with Gasteiger partial charge in [0.2, 0.25) is 0 Å². The summed E-state index contributed by atoms with van der Waals surface area (Å²) >= 11 is 0. The van der Waals surface area contributed by atoms with E-state index in [1.807, 2.05) is 20.8 Å². The fourth-order valence-electron chi connectivity index (χ4n) is 1.17. The summed E-state index contributed by atoms with van der Waals surface area (Å²) in [6.07, 6.45) is 0. The van der Waals surface area contributed by atoms with Crippen molar-refractivity contribution in [3.8, 4) is 0 Å². The first-order valence-corrected chi connectivity index (χ1v) is 4.32. The first-order chi connectivity index (χ1) is 6.02. The molecule has 13 heavy (non-hydrogen) atoms. The quantitative estimate of drug-likeness (QED) is 0.639. The van der Waals surface area contributed by atoms with E-state index in [2.05, 4.69) is 0 Å². The van der Waals surface area contributed by atoms with E-state index in [-0.39, 0.29) is 17.5 Å². The van der Waals surface area contributed by atoms with Gasteiger partial charge in [0.25, 0.3) is 0 Å². The number of hydrogen-bond donors (Lipinski definition) is 0. The van der Waals surface area contributed by atoms with Crippen LogP contribution in [0.2, 0.25) is 0 Å². The van der Waals surface area contributed by atoms with E-state index < -0.39 is 0 Å². The summed E-state index contributed by atoms with van der Waals surface area (Å²) < 4.78 is 12.8. The summed E-state index contributed by atoms with van der Waals surface area (Å²) in [4.78, 5) is 11.6. The Morgan fingerprint density at radius 1 is 1.38 bits per heavy atom. The van der Waals surface area contributed by atoms with Crippen LogP contribution in [0.4, 0.5) is 4.39 Å². The van der Waals surface area contributed by atoms with E-state index >= 15 is 0 Å². The van der Waals surface area contributed by atoms with Gasteiger partial charge in [0.05, 0.1) is 0 Å². The molecule has 1 aromatic rings. The lowest BCUT2D eigenvalue weighted by molar-refractivity contribution is 0.0938. The van der Waals surface area contributed by atoms with Crippen molar-refractivity contribution in [2.75, 3.05) is 0 Å². The molecule has 1 aromatic carbocycles. The molecule has 2 heteroatoms. The van der Waals surface area contributed by atoms with Gasteiger partial charge in [-0.3, -0.25) is 4.79 Å². The highest BCUT2D eigenvalue weighted by Gasteiger charge is 2.13. The summed E-state index contributed by atoms with van der Waals surface area (Å²) in [6.45, 7) is 5.44. The zero-order valence-electron chi connectivity index (χ0n) is 8.10. The van der Waals surface area contributed by atoms with Gasteiger partial charge < -0.3 is 0 Å². The summed E-state index contributed by atoms with van der Waals surface area (Å²) in [5.41, 5.74) is 1.33. The molecule has 0 aromatic heterocycles. The molecule has 0 amide bonds. The van der Waals surface area contributed by atoms with Gasteiger partial charge in [-0.05, 0) is 24.6 Å². The highest BCUT2D eigenvalue weighted by atomic mass is 19.1. The lowest BCUT2D eigenvalue weighted by Gasteiger charge is -2.07. The highest BCUT2D eigenvalue weighted by molar-refractivity contribution is 5.98. The molecule has 70 valence electrons. The molecule has 0 atom stereocenters. The first-order valence-electron chi connectivity index (χ1n) is 4.32. The molecule has 0 aliphatic heterocycles. The molecule has 0 saturated carbocycles. The minimum atomic E-state index is -0.352. The number of benzene rings is 1. The number of ketones is 1. The molecule has 1 rings (SSSR count). The molecule has 0 heterocycles. The molecule has 0 N–H and O–H groups in total. The molecule has 0 bridgehead atoms. The number of carbonyl (C=O) groups excluding carboxylic acids is 1. The van der Waals surface area contributed by atoms with E-state index in [9.17, 15) is 9.18 Å². The second kappa shape index (κ2) is 3.69. The Morgan fingerprint density at radius 3 is 2.54 bits per heavy atom. The average molecular weight is 180 g/mol. The maximum Gasteiger partial charge on any atom is 0.165 e. The Labute approximate surface area is 77.6 Å². The lowest BCUT2D eigenvalue weighted by Crippen LogP contribution is -2.09. The predicted molar refractivity (Wildman–Crippen MR) is 50.3 cm³/mol. The van der Waals surface area contributed by atoms with E-state index in [0.29, 0.717) is 5.56 Å². The highest BCUT2D eigenvalue weighted by Crippen LogP contribution is 2.14. The van der Waals surface area contributed by atoms with Crippen LogP contribution in [0.15, 0.2) is 18.2 Å². The van der Waals surface area contributed by atoms with E-state index in [0.717, 1.165) is 5.56 Å². The average Bonchev–Trinajstić information content (AvgIpc) is 2.08. The van der Waals surface area contributed by atoms with Crippen molar-refractivity contribution in [1.29, 1.82) is 0 Å². The van der Waals surface area contributed by atoms with Crippen LogP contribution in [-0.4, -0.2) is 5.78 Å². The normalized spacial score (nSPS) is 10.5. The summed E-state index contributed by atoms with van der Waals surface area (Å²) in [7, 11) is 0. The van der Waals surface area contributed by atoms with Crippen molar-refractivity contribution in [3.63, 3.8) is 0 Å². The predicted octanol–water partition coefficient (Wildman–Crippen LogP) is 2.97. The van der Waals surface area contributed by atoms with Crippen molar-refractivity contribution >= 4 is 5.78 Å². The van der Waals surface area contributed by atoms with Gasteiger partial charge in [-0.2, -0.15) is 0 Å². The van der Waals surface area contributed by atoms with Gasteiger partial charge in [0.15, 0.2) is 5.78 Å². The molecule has 0 spiro atoms. The number of Topliss-reactive ketones (excluding diaryl/α,β-unsaturated/α-hetero) is 1. The van der Waals surface area contributed by atoms with Crippen LogP contribution in [0.1, 0.15) is 29.8 Å². The van der Waals surface area contributed by atoms with Crippen molar-refractivity contribution in [2.24, 2.45) is 5.92 Å². The summed E-state index contributed by atoms with van der Waals surface area (Å²) in [6, 6.07) is 4.30. The Morgan fingerprint density at radius 2 is 2.00 bits per heavy atom. The number of rotatable bonds is 2. The largest absolute Gasteiger partial charge is 0.294 e. The van der Waals surface area contributed by atoms with Gasteiger partial charge in [0, 0.05) is 11.5 Å². The summed E-state index contributed by atoms with van der Waals surface area (Å²) in [5.74, 6) is -0.438. The number of halogens is 1. The zero-order chi connectivity index (χ0) is 10.0. The molecule has 0 saturated heterocycles. The van der Waals surface area contributed by atoms with Crippen LogP contribution in [0.5, 0.6) is 0 Å². The molecule has 0 aliphatic carbocycles. The molecule has 0 radical (unpaired) electrons. The molecule has 0 unspecified atom stereocenters. The zero-order valence-corrected chi connectivity index (χ0v) is 8.10. The topological polar surface area (TPSA) is 17.1 Å². The van der Waals surface area contributed by atoms with Crippen LogP contribution in [0.25, 0.3) is 0 Å². The van der Waals surface area contributed by atoms with Crippen LogP contribution in [-0.2, 0) is 0 Å². The Hall–Kier alpha value is -1.18. The molecular formula is C11H13FO. The van der Waals surface area contributed by atoms with Crippen molar-refractivity contribution in [3.05, 3.63) is 35.1 Å². The maximum absolute atomic E-state index is 12.8. The fourth-order valence-corrected chi connectivity index (χ4v) is 1.17. The minimum Gasteiger partial charge on any atom is -0.294 e. The number of hydrogen-bond acceptors (Lipinski definition) is 1. The first kappa shape index (κ1) is 9.90. The van der Waals surface area contributed by atoms with Crippen LogP contribution in [0, 0.1) is 18.7 Å². The molecule has 1 nitrogen and oxygen atoms in total. The van der Waals surface area contributed by atoms with Gasteiger partial charge in [0.1, 0.15) is 5.82 Å². The second-order valence-electron chi connectivity index (χ2n) is 3.48. The smallest absolute Gasteiger partial charge is 0.165 e. The van der Waals surface area contributed by atoms with Crippen LogP contribution < -0.4 is 0 Å². The third kappa shape index (κ3) is 2.14. The van der Waals surface area contributed by atoms with Crippen molar-refractivity contribution < 1.29 is 9.18 Å².